The standard InChI is InChI=1S/C20H21F3N4O3S2/c1-4-27(5-2)32(28,29)16-9-10-17(24-12-16)31-13(3)19-25-18(26-30-19)14-7-6-8-15(11-14)20(21,22)23/h6-13H,4-5H2,1-3H3/t13-/m0/s1. The van der Waals surface area contributed by atoms with Crippen molar-refractivity contribution in [2.24, 2.45) is 0 Å². The van der Waals surface area contributed by atoms with Gasteiger partial charge in [0.1, 0.15) is 4.90 Å². The third-order valence-electron chi connectivity index (χ3n) is 4.59. The molecule has 0 aliphatic rings. The van der Waals surface area contributed by atoms with Crippen LogP contribution in [0.3, 0.4) is 0 Å². The van der Waals surface area contributed by atoms with Gasteiger partial charge in [0.2, 0.25) is 21.7 Å². The third kappa shape index (κ3) is 5.30. The van der Waals surface area contributed by atoms with Crippen molar-refractivity contribution in [1.82, 2.24) is 19.4 Å². The van der Waals surface area contributed by atoms with E-state index in [-0.39, 0.29) is 27.4 Å². The molecule has 0 unspecified atom stereocenters. The number of hydrogen-bond acceptors (Lipinski definition) is 7. The lowest BCUT2D eigenvalue weighted by Crippen LogP contribution is -2.30. The summed E-state index contributed by atoms with van der Waals surface area (Å²) in [6.07, 6.45) is -3.17. The summed E-state index contributed by atoms with van der Waals surface area (Å²) in [5.41, 5.74) is -0.608. The molecule has 0 fully saturated rings. The second-order valence-electron chi connectivity index (χ2n) is 6.72. The van der Waals surface area contributed by atoms with Crippen LogP contribution < -0.4 is 0 Å². The van der Waals surface area contributed by atoms with Gasteiger partial charge in [-0.1, -0.05) is 42.9 Å². The highest BCUT2D eigenvalue weighted by Crippen LogP contribution is 2.35. The Morgan fingerprint density at radius 1 is 1.16 bits per heavy atom. The molecule has 1 atom stereocenters. The number of thioether (sulfide) groups is 1. The highest BCUT2D eigenvalue weighted by Gasteiger charge is 2.31. The maximum Gasteiger partial charge on any atom is 0.416 e. The molecule has 12 heteroatoms. The van der Waals surface area contributed by atoms with Crippen molar-refractivity contribution in [2.45, 2.75) is 42.1 Å². The highest BCUT2D eigenvalue weighted by molar-refractivity contribution is 7.99. The molecule has 3 aromatic rings. The normalized spacial score (nSPS) is 13.5. The molecule has 3 rings (SSSR count). The maximum atomic E-state index is 12.9. The molecule has 0 saturated carbocycles. The van der Waals surface area contributed by atoms with Gasteiger partial charge in [0, 0.05) is 24.8 Å². The van der Waals surface area contributed by atoms with Crippen molar-refractivity contribution < 1.29 is 26.1 Å². The molecule has 0 bridgehead atoms. The van der Waals surface area contributed by atoms with Crippen LogP contribution in [0.2, 0.25) is 0 Å². The van der Waals surface area contributed by atoms with Crippen LogP contribution in [0.4, 0.5) is 13.2 Å². The van der Waals surface area contributed by atoms with E-state index in [0.717, 1.165) is 12.1 Å². The van der Waals surface area contributed by atoms with E-state index in [0.29, 0.717) is 18.1 Å². The molecule has 0 amide bonds. The minimum atomic E-state index is -4.47. The lowest BCUT2D eigenvalue weighted by molar-refractivity contribution is -0.137. The Balaban J connectivity index is 1.74. The first-order valence-corrected chi connectivity index (χ1v) is 12.0. The van der Waals surface area contributed by atoms with Gasteiger partial charge in [-0.15, -0.1) is 0 Å². The van der Waals surface area contributed by atoms with Gasteiger partial charge >= 0.3 is 6.18 Å². The molecule has 1 aromatic carbocycles. The summed E-state index contributed by atoms with van der Waals surface area (Å²) in [6.45, 7) is 6.02. The SMILES string of the molecule is CCN(CC)S(=O)(=O)c1ccc(S[C@@H](C)c2nc(-c3cccc(C(F)(F)F)c3)no2)nc1. The zero-order valence-corrected chi connectivity index (χ0v) is 19.1. The molecule has 0 aliphatic carbocycles. The van der Waals surface area contributed by atoms with Crippen LogP contribution in [0.5, 0.6) is 0 Å². The summed E-state index contributed by atoms with van der Waals surface area (Å²) in [6, 6.07) is 7.75. The van der Waals surface area contributed by atoms with Gasteiger partial charge in [-0.3, -0.25) is 0 Å². The monoisotopic (exact) mass is 486 g/mol. The second kappa shape index (κ2) is 9.59. The summed E-state index contributed by atoms with van der Waals surface area (Å²) >= 11 is 1.26. The zero-order valence-electron chi connectivity index (χ0n) is 17.5. The fourth-order valence-corrected chi connectivity index (χ4v) is 5.11. The molecule has 32 heavy (non-hydrogen) atoms. The third-order valence-corrected chi connectivity index (χ3v) is 7.66. The van der Waals surface area contributed by atoms with Crippen LogP contribution in [0.15, 0.2) is 57.0 Å². The largest absolute Gasteiger partial charge is 0.416 e. The number of halogens is 3. The van der Waals surface area contributed by atoms with Crippen molar-refractivity contribution >= 4 is 21.8 Å². The Morgan fingerprint density at radius 3 is 2.47 bits per heavy atom. The lowest BCUT2D eigenvalue weighted by atomic mass is 10.1. The van der Waals surface area contributed by atoms with E-state index in [9.17, 15) is 21.6 Å². The Kier molecular flexibility index (Phi) is 7.25. The van der Waals surface area contributed by atoms with Crippen LogP contribution in [-0.4, -0.2) is 40.9 Å². The van der Waals surface area contributed by atoms with E-state index in [1.54, 1.807) is 26.8 Å². The Bertz CT molecular complexity index is 1160. The number of hydrogen-bond donors (Lipinski definition) is 0. The molecule has 2 aromatic heterocycles. The number of alkyl halides is 3. The molecular formula is C20H21F3N4O3S2. The topological polar surface area (TPSA) is 89.2 Å². The van der Waals surface area contributed by atoms with Crippen LogP contribution in [0.25, 0.3) is 11.4 Å². The van der Waals surface area contributed by atoms with E-state index in [1.165, 1.54) is 40.5 Å². The molecule has 7 nitrogen and oxygen atoms in total. The van der Waals surface area contributed by atoms with Crippen molar-refractivity contribution in [1.29, 1.82) is 0 Å². The molecule has 0 radical (unpaired) electrons. The highest BCUT2D eigenvalue weighted by atomic mass is 32.2. The molecule has 2 heterocycles. The summed E-state index contributed by atoms with van der Waals surface area (Å²) in [5.74, 6) is 0.260. The van der Waals surface area contributed by atoms with Gasteiger partial charge < -0.3 is 4.52 Å². The van der Waals surface area contributed by atoms with Crippen LogP contribution in [0, 0.1) is 0 Å². The number of sulfonamides is 1. The smallest absolute Gasteiger partial charge is 0.338 e. The predicted octanol–water partition coefficient (Wildman–Crippen LogP) is 5.03. The van der Waals surface area contributed by atoms with E-state index in [1.807, 2.05) is 0 Å². The van der Waals surface area contributed by atoms with Crippen LogP contribution in [0.1, 0.15) is 37.5 Å². The lowest BCUT2D eigenvalue weighted by Gasteiger charge is -2.18. The average Bonchev–Trinajstić information content (AvgIpc) is 3.25. The van der Waals surface area contributed by atoms with Crippen molar-refractivity contribution in [3.63, 3.8) is 0 Å². The molecule has 0 aliphatic heterocycles. The molecule has 0 saturated heterocycles. The van der Waals surface area contributed by atoms with E-state index in [4.69, 9.17) is 4.52 Å². The first-order chi connectivity index (χ1) is 15.1. The number of pyridine rings is 1. The van der Waals surface area contributed by atoms with Crippen molar-refractivity contribution in [2.75, 3.05) is 13.1 Å². The summed E-state index contributed by atoms with van der Waals surface area (Å²) in [7, 11) is -3.60. The van der Waals surface area contributed by atoms with Crippen molar-refractivity contribution in [3.8, 4) is 11.4 Å². The van der Waals surface area contributed by atoms with Gasteiger partial charge in [0.15, 0.2) is 0 Å². The van der Waals surface area contributed by atoms with Crippen LogP contribution >= 0.6 is 11.8 Å². The number of benzene rings is 1. The minimum absolute atomic E-state index is 0.0483. The second-order valence-corrected chi connectivity index (χ2v) is 10.0. The summed E-state index contributed by atoms with van der Waals surface area (Å²) in [4.78, 5) is 8.51. The van der Waals surface area contributed by atoms with E-state index >= 15 is 0 Å². The average molecular weight is 487 g/mol. The van der Waals surface area contributed by atoms with Crippen LogP contribution in [-0.2, 0) is 16.2 Å². The van der Waals surface area contributed by atoms with E-state index < -0.39 is 21.8 Å². The first kappa shape index (κ1) is 24.2. The Labute approximate surface area is 188 Å². The fraction of sp³-hybridized carbons (Fsp3) is 0.350. The quantitative estimate of drug-likeness (QED) is 0.412. The Hall–Kier alpha value is -2.44. The van der Waals surface area contributed by atoms with Gasteiger partial charge in [-0.2, -0.15) is 22.5 Å². The van der Waals surface area contributed by atoms with E-state index in [2.05, 4.69) is 15.1 Å². The fourth-order valence-electron chi connectivity index (χ4n) is 2.89. The summed E-state index contributed by atoms with van der Waals surface area (Å²) < 4.78 is 70.5. The van der Waals surface area contributed by atoms with Gasteiger partial charge in [0.05, 0.1) is 15.8 Å². The molecule has 172 valence electrons. The number of nitrogens with zero attached hydrogens (tertiary/aromatic N) is 4. The number of aromatic nitrogens is 3. The maximum absolute atomic E-state index is 12.9. The molecule has 0 spiro atoms. The zero-order chi connectivity index (χ0) is 23.5. The van der Waals surface area contributed by atoms with Crippen molar-refractivity contribution in [3.05, 3.63) is 54.0 Å². The van der Waals surface area contributed by atoms with Gasteiger partial charge in [-0.25, -0.2) is 13.4 Å². The number of rotatable bonds is 8. The Morgan fingerprint density at radius 2 is 1.88 bits per heavy atom. The first-order valence-electron chi connectivity index (χ1n) is 9.70. The summed E-state index contributed by atoms with van der Waals surface area (Å²) in [5, 5.41) is 3.96. The molecular weight excluding hydrogens is 465 g/mol. The molecule has 0 N–H and O–H groups in total. The minimum Gasteiger partial charge on any atom is -0.338 e. The predicted molar refractivity (Wildman–Crippen MR) is 113 cm³/mol. The van der Waals surface area contributed by atoms with Gasteiger partial charge in [0.25, 0.3) is 0 Å². The van der Waals surface area contributed by atoms with Gasteiger partial charge in [-0.05, 0) is 31.2 Å².